The fourth-order valence-corrected chi connectivity index (χ4v) is 1.89. The number of amides is 1. The van der Waals surface area contributed by atoms with Crippen LogP contribution in [-0.2, 0) is 9.53 Å². The Kier molecular flexibility index (Phi) is 8.94. The lowest BCUT2D eigenvalue weighted by Crippen LogP contribution is -2.39. The van der Waals surface area contributed by atoms with E-state index in [-0.39, 0.29) is 11.2 Å². The number of hydrogen-bond acceptors (Lipinski definition) is 2. The van der Waals surface area contributed by atoms with Crippen molar-refractivity contribution in [3.8, 4) is 0 Å². The van der Waals surface area contributed by atoms with Crippen LogP contribution in [0.4, 0.5) is 0 Å². The second kappa shape index (κ2) is 10.2. The average Bonchev–Trinajstić information content (AvgIpc) is 2.48. The minimum atomic E-state index is 0.0521. The van der Waals surface area contributed by atoms with Crippen molar-refractivity contribution in [2.75, 3.05) is 31.6 Å². The fraction of sp³-hybridized carbons (Fsp3) is 0.357. The molecular formula is C14H16BrCl2NO2. The quantitative estimate of drug-likeness (QED) is 0.577. The van der Waals surface area contributed by atoms with Gasteiger partial charge in [-0.3, -0.25) is 4.79 Å². The van der Waals surface area contributed by atoms with E-state index in [2.05, 4.69) is 15.9 Å². The van der Waals surface area contributed by atoms with Crippen molar-refractivity contribution in [1.29, 1.82) is 0 Å². The number of benzene rings is 1. The molecule has 0 saturated carbocycles. The molecule has 0 aromatic heterocycles. The molecule has 1 fully saturated rings. The van der Waals surface area contributed by atoms with Gasteiger partial charge in [-0.2, -0.15) is 0 Å². The van der Waals surface area contributed by atoms with Gasteiger partial charge in [-0.05, 0) is 23.8 Å². The second-order valence-corrected chi connectivity index (χ2v) is 5.65. The normalized spacial score (nSPS) is 14.8. The van der Waals surface area contributed by atoms with Crippen molar-refractivity contribution < 1.29 is 9.53 Å². The molecular weight excluding hydrogens is 365 g/mol. The van der Waals surface area contributed by atoms with Crippen molar-refractivity contribution in [3.63, 3.8) is 0 Å². The molecule has 20 heavy (non-hydrogen) atoms. The van der Waals surface area contributed by atoms with Crippen LogP contribution in [0.1, 0.15) is 5.56 Å². The maximum atomic E-state index is 11.8. The lowest BCUT2D eigenvalue weighted by molar-refractivity contribution is -0.129. The van der Waals surface area contributed by atoms with E-state index in [0.717, 1.165) is 10.0 Å². The Morgan fingerprint density at radius 1 is 1.25 bits per heavy atom. The van der Waals surface area contributed by atoms with Crippen molar-refractivity contribution >= 4 is 51.1 Å². The zero-order valence-electron chi connectivity index (χ0n) is 10.9. The largest absolute Gasteiger partial charge is 0.378 e. The molecule has 0 radical (unpaired) electrons. The first-order chi connectivity index (χ1) is 9.67. The van der Waals surface area contributed by atoms with Gasteiger partial charge in [-0.15, -0.1) is 23.2 Å². The van der Waals surface area contributed by atoms with Gasteiger partial charge in [0.05, 0.1) is 18.6 Å². The summed E-state index contributed by atoms with van der Waals surface area (Å²) in [7, 11) is 0. The van der Waals surface area contributed by atoms with Crippen molar-refractivity contribution in [2.45, 2.75) is 0 Å². The number of rotatable bonds is 2. The average molecular weight is 381 g/mol. The number of morpholine rings is 1. The molecule has 0 N–H and O–H groups in total. The van der Waals surface area contributed by atoms with Crippen molar-refractivity contribution in [2.24, 2.45) is 0 Å². The van der Waals surface area contributed by atoms with Gasteiger partial charge in [0.25, 0.3) is 0 Å². The minimum Gasteiger partial charge on any atom is -0.378 e. The maximum absolute atomic E-state index is 11.8. The van der Waals surface area contributed by atoms with Crippen molar-refractivity contribution in [1.82, 2.24) is 4.90 Å². The molecule has 1 aliphatic rings. The van der Waals surface area contributed by atoms with E-state index in [0.29, 0.717) is 26.3 Å². The van der Waals surface area contributed by atoms with Crippen LogP contribution in [0.25, 0.3) is 6.08 Å². The first-order valence-electron chi connectivity index (χ1n) is 6.09. The molecule has 1 aliphatic heterocycles. The highest BCUT2D eigenvalue weighted by atomic mass is 79.9. The predicted molar refractivity (Wildman–Crippen MR) is 87.1 cm³/mol. The van der Waals surface area contributed by atoms with E-state index < -0.39 is 0 Å². The Balaban J connectivity index is 0.000000612. The van der Waals surface area contributed by atoms with Gasteiger partial charge in [0.2, 0.25) is 5.91 Å². The molecule has 0 aliphatic carbocycles. The molecule has 0 atom stereocenters. The Morgan fingerprint density at radius 2 is 1.80 bits per heavy atom. The van der Waals surface area contributed by atoms with Crippen LogP contribution in [0.3, 0.4) is 0 Å². The van der Waals surface area contributed by atoms with Gasteiger partial charge in [0.15, 0.2) is 0 Å². The molecule has 3 nitrogen and oxygen atoms in total. The van der Waals surface area contributed by atoms with Gasteiger partial charge in [-0.1, -0.05) is 28.1 Å². The highest BCUT2D eigenvalue weighted by Gasteiger charge is 2.13. The van der Waals surface area contributed by atoms with Gasteiger partial charge in [0, 0.05) is 23.6 Å². The molecule has 1 amide bonds. The van der Waals surface area contributed by atoms with Crippen LogP contribution in [0.15, 0.2) is 34.8 Å². The zero-order chi connectivity index (χ0) is 14.8. The summed E-state index contributed by atoms with van der Waals surface area (Å²) in [4.78, 5) is 13.6. The molecule has 2 rings (SSSR count). The van der Waals surface area contributed by atoms with Crippen LogP contribution in [-0.4, -0.2) is 42.4 Å². The highest BCUT2D eigenvalue weighted by Crippen LogP contribution is 2.11. The number of carbonyl (C=O) groups excluding carboxylic acids is 1. The summed E-state index contributed by atoms with van der Waals surface area (Å²) < 4.78 is 6.24. The minimum absolute atomic E-state index is 0.0521. The fourth-order valence-electron chi connectivity index (χ4n) is 1.63. The standard InChI is InChI=1S/C13H14BrNO2.CH2Cl2/c14-12-4-1-11(2-5-12)3-6-13(16)15-7-9-17-10-8-15;2-1-3/h1-6H,7-10H2;1H2/b6-3+;. The summed E-state index contributed by atoms with van der Waals surface area (Å²) in [6, 6.07) is 7.85. The molecule has 1 heterocycles. The van der Waals surface area contributed by atoms with Crippen LogP contribution in [0, 0.1) is 0 Å². The van der Waals surface area contributed by atoms with Crippen molar-refractivity contribution in [3.05, 3.63) is 40.4 Å². The summed E-state index contributed by atoms with van der Waals surface area (Å²) in [6.07, 6.45) is 3.46. The molecule has 1 saturated heterocycles. The summed E-state index contributed by atoms with van der Waals surface area (Å²) >= 11 is 12.9. The first kappa shape index (κ1) is 17.5. The lowest BCUT2D eigenvalue weighted by atomic mass is 10.2. The predicted octanol–water partition coefficient (Wildman–Crippen LogP) is 3.74. The van der Waals surface area contributed by atoms with E-state index in [4.69, 9.17) is 27.9 Å². The molecule has 0 bridgehead atoms. The van der Waals surface area contributed by atoms with Gasteiger partial charge in [0.1, 0.15) is 0 Å². The van der Waals surface area contributed by atoms with Crippen LogP contribution in [0.5, 0.6) is 0 Å². The maximum Gasteiger partial charge on any atom is 0.246 e. The first-order valence-corrected chi connectivity index (χ1v) is 7.96. The number of nitrogens with zero attached hydrogens (tertiary/aromatic N) is 1. The van der Waals surface area contributed by atoms with Crippen LogP contribution in [0.2, 0.25) is 0 Å². The monoisotopic (exact) mass is 379 g/mol. The molecule has 110 valence electrons. The molecule has 6 heteroatoms. The van der Waals surface area contributed by atoms with Crippen LogP contribution < -0.4 is 0 Å². The van der Waals surface area contributed by atoms with E-state index in [1.807, 2.05) is 30.3 Å². The number of ether oxygens (including phenoxy) is 1. The zero-order valence-corrected chi connectivity index (χ0v) is 14.0. The number of hydrogen-bond donors (Lipinski definition) is 0. The third-order valence-electron chi connectivity index (χ3n) is 2.61. The van der Waals surface area contributed by atoms with Gasteiger partial charge >= 0.3 is 0 Å². The summed E-state index contributed by atoms with van der Waals surface area (Å²) in [5.74, 6) is 0.0521. The molecule has 0 spiro atoms. The number of alkyl halides is 2. The second-order valence-electron chi connectivity index (χ2n) is 3.92. The van der Waals surface area contributed by atoms with E-state index in [1.54, 1.807) is 11.0 Å². The Labute approximate surface area is 137 Å². The topological polar surface area (TPSA) is 29.5 Å². The molecule has 1 aromatic rings. The third-order valence-corrected chi connectivity index (χ3v) is 3.14. The van der Waals surface area contributed by atoms with E-state index >= 15 is 0 Å². The smallest absolute Gasteiger partial charge is 0.246 e. The Bertz CT molecular complexity index is 431. The molecule has 1 aromatic carbocycles. The third kappa shape index (κ3) is 6.75. The lowest BCUT2D eigenvalue weighted by Gasteiger charge is -2.25. The number of carbonyl (C=O) groups is 1. The number of halogens is 3. The summed E-state index contributed by atoms with van der Waals surface area (Å²) in [5.41, 5.74) is 1.02. The van der Waals surface area contributed by atoms with Gasteiger partial charge < -0.3 is 9.64 Å². The van der Waals surface area contributed by atoms with Crippen LogP contribution >= 0.6 is 39.1 Å². The Morgan fingerprint density at radius 3 is 2.35 bits per heavy atom. The Hall–Kier alpha value is -0.550. The SMILES string of the molecule is ClCCl.O=C(/C=C/c1ccc(Br)cc1)N1CCOCC1. The van der Waals surface area contributed by atoms with Gasteiger partial charge in [-0.25, -0.2) is 0 Å². The highest BCUT2D eigenvalue weighted by molar-refractivity contribution is 9.10. The summed E-state index contributed by atoms with van der Waals surface area (Å²) in [6.45, 7) is 2.64. The van der Waals surface area contributed by atoms with E-state index in [9.17, 15) is 4.79 Å². The molecule has 0 unspecified atom stereocenters. The summed E-state index contributed by atoms with van der Waals surface area (Å²) in [5, 5.41) is 0.194. The van der Waals surface area contributed by atoms with E-state index in [1.165, 1.54) is 0 Å².